The normalized spacial score (nSPS) is 17.8. The van der Waals surface area contributed by atoms with Crippen molar-refractivity contribution in [2.75, 3.05) is 7.11 Å². The number of hydrogen-bond donors (Lipinski definition) is 1. The summed E-state index contributed by atoms with van der Waals surface area (Å²) in [5.74, 6) is 0.845. The Hall–Kier alpha value is -3.64. The van der Waals surface area contributed by atoms with Crippen LogP contribution in [0.3, 0.4) is 0 Å². The van der Waals surface area contributed by atoms with Crippen LogP contribution in [0.4, 0.5) is 0 Å². The van der Waals surface area contributed by atoms with E-state index in [1.165, 1.54) is 11.1 Å². The van der Waals surface area contributed by atoms with Crippen LogP contribution in [0.25, 0.3) is 5.69 Å². The van der Waals surface area contributed by atoms with Gasteiger partial charge in [-0.05, 0) is 78.8 Å². The molecule has 0 unspecified atom stereocenters. The van der Waals surface area contributed by atoms with Crippen LogP contribution in [0, 0.1) is 6.92 Å². The first-order valence-electron chi connectivity index (χ1n) is 11.0. The van der Waals surface area contributed by atoms with Crippen LogP contribution < -0.4 is 10.1 Å². The van der Waals surface area contributed by atoms with Crippen LogP contribution in [0.15, 0.2) is 91.3 Å². The van der Waals surface area contributed by atoms with E-state index in [0.717, 1.165) is 27.9 Å². The predicted molar refractivity (Wildman–Crippen MR) is 134 cm³/mol. The summed E-state index contributed by atoms with van der Waals surface area (Å²) in [6, 6.07) is 26.9. The Morgan fingerprint density at radius 3 is 2.58 bits per heavy atom. The maximum absolute atomic E-state index is 5.85. The number of rotatable bonds is 6. The molecule has 2 aromatic heterocycles. The fourth-order valence-corrected chi connectivity index (χ4v) is 4.78. The fourth-order valence-electron chi connectivity index (χ4n) is 4.47. The Labute approximate surface area is 199 Å². The second-order valence-corrected chi connectivity index (χ2v) is 8.63. The van der Waals surface area contributed by atoms with Crippen molar-refractivity contribution >= 4 is 17.3 Å². The van der Waals surface area contributed by atoms with E-state index in [9.17, 15) is 0 Å². The van der Waals surface area contributed by atoms with Gasteiger partial charge in [0, 0.05) is 30.3 Å². The molecule has 166 valence electrons. The lowest BCUT2D eigenvalue weighted by molar-refractivity contribution is 0.302. The molecule has 0 aliphatic carbocycles. The first-order valence-corrected chi connectivity index (χ1v) is 11.4. The molecule has 1 aliphatic rings. The third-order valence-electron chi connectivity index (χ3n) is 6.07. The lowest BCUT2D eigenvalue weighted by Crippen LogP contribution is -2.30. The SMILES string of the molecule is COc1ccc(CN2C(=S)N[C@@H](c3ccccn3)[C@@H]2c2cccn2-c2cccc(C)c2)cc1. The van der Waals surface area contributed by atoms with Crippen molar-refractivity contribution < 1.29 is 4.74 Å². The monoisotopic (exact) mass is 454 g/mol. The Kier molecular flexibility index (Phi) is 5.84. The number of benzene rings is 2. The van der Waals surface area contributed by atoms with Crippen molar-refractivity contribution in [2.24, 2.45) is 0 Å². The third-order valence-corrected chi connectivity index (χ3v) is 6.43. The van der Waals surface area contributed by atoms with Crippen LogP contribution >= 0.6 is 12.2 Å². The smallest absolute Gasteiger partial charge is 0.170 e. The summed E-state index contributed by atoms with van der Waals surface area (Å²) in [5.41, 5.74) is 5.66. The number of thiocarbonyl (C=S) groups is 1. The predicted octanol–water partition coefficient (Wildman–Crippen LogP) is 5.36. The molecule has 0 bridgehead atoms. The maximum atomic E-state index is 5.85. The summed E-state index contributed by atoms with van der Waals surface area (Å²) in [7, 11) is 1.68. The molecule has 0 saturated carbocycles. The van der Waals surface area contributed by atoms with E-state index in [-0.39, 0.29) is 12.1 Å². The van der Waals surface area contributed by atoms with E-state index < -0.39 is 0 Å². The average Bonchev–Trinajstić information content (AvgIpc) is 3.45. The van der Waals surface area contributed by atoms with Crippen molar-refractivity contribution in [3.8, 4) is 11.4 Å². The molecule has 0 amide bonds. The van der Waals surface area contributed by atoms with Crippen molar-refractivity contribution in [2.45, 2.75) is 25.6 Å². The zero-order valence-electron chi connectivity index (χ0n) is 18.7. The highest BCUT2D eigenvalue weighted by Gasteiger charge is 2.41. The summed E-state index contributed by atoms with van der Waals surface area (Å²) < 4.78 is 7.58. The molecule has 2 aromatic carbocycles. The number of nitrogens with one attached hydrogen (secondary N) is 1. The standard InChI is InChI=1S/C27H26N4OS/c1-19-7-5-8-21(17-19)30-16-6-10-24(30)26-25(23-9-3-4-15-28-23)29-27(33)31(26)18-20-11-13-22(32-2)14-12-20/h3-17,25-26H,18H2,1-2H3,(H,29,33)/t25-,26-/m0/s1. The number of aromatic nitrogens is 2. The number of pyridine rings is 1. The average molecular weight is 455 g/mol. The largest absolute Gasteiger partial charge is 0.497 e. The molecule has 1 saturated heterocycles. The van der Waals surface area contributed by atoms with Gasteiger partial charge in [-0.3, -0.25) is 4.98 Å². The molecule has 5 rings (SSSR count). The molecule has 33 heavy (non-hydrogen) atoms. The summed E-state index contributed by atoms with van der Waals surface area (Å²) in [6.07, 6.45) is 3.95. The van der Waals surface area contributed by atoms with Gasteiger partial charge in [-0.2, -0.15) is 0 Å². The molecule has 1 fully saturated rings. The minimum absolute atomic E-state index is 0.0231. The molecule has 0 radical (unpaired) electrons. The Balaban J connectivity index is 1.58. The fraction of sp³-hybridized carbons (Fsp3) is 0.185. The highest BCUT2D eigenvalue weighted by molar-refractivity contribution is 7.80. The van der Waals surface area contributed by atoms with Crippen LogP contribution in [-0.2, 0) is 6.54 Å². The van der Waals surface area contributed by atoms with Gasteiger partial charge in [-0.15, -0.1) is 0 Å². The summed E-state index contributed by atoms with van der Waals surface area (Å²) in [6.45, 7) is 2.80. The maximum Gasteiger partial charge on any atom is 0.170 e. The first kappa shape index (κ1) is 21.2. The molecule has 4 aromatic rings. The highest BCUT2D eigenvalue weighted by atomic mass is 32.1. The second-order valence-electron chi connectivity index (χ2n) is 8.24. The molecule has 5 nitrogen and oxygen atoms in total. The van der Waals surface area contributed by atoms with Crippen molar-refractivity contribution in [3.63, 3.8) is 0 Å². The number of nitrogens with zero attached hydrogens (tertiary/aromatic N) is 3. The minimum atomic E-state index is -0.0598. The molecule has 1 N–H and O–H groups in total. The Morgan fingerprint density at radius 2 is 1.85 bits per heavy atom. The van der Waals surface area contributed by atoms with Crippen molar-refractivity contribution in [3.05, 3.63) is 114 Å². The molecule has 0 spiro atoms. The number of ether oxygens (including phenoxy) is 1. The van der Waals surface area contributed by atoms with Gasteiger partial charge in [-0.1, -0.05) is 30.3 Å². The van der Waals surface area contributed by atoms with Gasteiger partial charge in [0.2, 0.25) is 0 Å². The number of aryl methyl sites for hydroxylation is 1. The summed E-state index contributed by atoms with van der Waals surface area (Å²) in [5, 5.41) is 4.27. The van der Waals surface area contributed by atoms with Gasteiger partial charge in [-0.25, -0.2) is 0 Å². The molecular formula is C27H26N4OS. The van der Waals surface area contributed by atoms with E-state index >= 15 is 0 Å². The molecule has 6 heteroatoms. The van der Waals surface area contributed by atoms with Crippen molar-refractivity contribution in [1.82, 2.24) is 19.8 Å². The third kappa shape index (κ3) is 4.22. The zero-order valence-corrected chi connectivity index (χ0v) is 19.5. The van der Waals surface area contributed by atoms with Gasteiger partial charge in [0.25, 0.3) is 0 Å². The second kappa shape index (κ2) is 9.08. The van der Waals surface area contributed by atoms with Gasteiger partial charge in [0.05, 0.1) is 24.9 Å². The van der Waals surface area contributed by atoms with E-state index in [0.29, 0.717) is 6.54 Å². The molecule has 3 heterocycles. The Morgan fingerprint density at radius 1 is 1.00 bits per heavy atom. The summed E-state index contributed by atoms with van der Waals surface area (Å²) >= 11 is 5.85. The first-order chi connectivity index (χ1) is 16.1. The minimum Gasteiger partial charge on any atom is -0.497 e. The van der Waals surface area contributed by atoms with E-state index in [1.807, 2.05) is 30.5 Å². The summed E-state index contributed by atoms with van der Waals surface area (Å²) in [4.78, 5) is 6.92. The van der Waals surface area contributed by atoms with Crippen molar-refractivity contribution in [1.29, 1.82) is 0 Å². The quantitative estimate of drug-likeness (QED) is 0.397. The van der Waals surface area contributed by atoms with E-state index in [4.69, 9.17) is 17.0 Å². The zero-order chi connectivity index (χ0) is 22.8. The lowest BCUT2D eigenvalue weighted by Gasteiger charge is -2.29. The molecule has 2 atom stereocenters. The van der Waals surface area contributed by atoms with Crippen LogP contribution in [0.5, 0.6) is 5.75 Å². The van der Waals surface area contributed by atoms with Gasteiger partial charge >= 0.3 is 0 Å². The highest BCUT2D eigenvalue weighted by Crippen LogP contribution is 2.40. The number of methoxy groups -OCH3 is 1. The Bertz CT molecular complexity index is 1250. The molecular weight excluding hydrogens is 428 g/mol. The van der Waals surface area contributed by atoms with Crippen LogP contribution in [0.2, 0.25) is 0 Å². The van der Waals surface area contributed by atoms with E-state index in [1.54, 1.807) is 7.11 Å². The van der Waals surface area contributed by atoms with Crippen LogP contribution in [-0.4, -0.2) is 26.7 Å². The van der Waals surface area contributed by atoms with Crippen LogP contribution in [0.1, 0.15) is 34.6 Å². The lowest BCUT2D eigenvalue weighted by atomic mass is 10.0. The van der Waals surface area contributed by atoms with Gasteiger partial charge < -0.3 is 19.5 Å². The van der Waals surface area contributed by atoms with Gasteiger partial charge in [0.1, 0.15) is 5.75 Å². The topological polar surface area (TPSA) is 42.3 Å². The van der Waals surface area contributed by atoms with E-state index in [2.05, 4.69) is 87.5 Å². The van der Waals surface area contributed by atoms with Gasteiger partial charge in [0.15, 0.2) is 5.11 Å². The molecule has 1 aliphatic heterocycles. The number of hydrogen-bond acceptors (Lipinski definition) is 3.